The summed E-state index contributed by atoms with van der Waals surface area (Å²) >= 11 is 0. The minimum Gasteiger partial charge on any atom is -0.299 e. The number of hydrogen-bond acceptors (Lipinski definition) is 3. The zero-order chi connectivity index (χ0) is 9.15. The van der Waals surface area contributed by atoms with Crippen molar-refractivity contribution in [3.63, 3.8) is 0 Å². The van der Waals surface area contributed by atoms with Crippen molar-refractivity contribution < 1.29 is 13.0 Å². The van der Waals surface area contributed by atoms with Gasteiger partial charge in [0.2, 0.25) is 0 Å². The summed E-state index contributed by atoms with van der Waals surface area (Å²) < 4.78 is 30.6. The Bertz CT molecular complexity index is 309. The molecule has 2 rings (SSSR count). The third-order valence-electron chi connectivity index (χ3n) is 3.33. The average Bonchev–Trinajstić information content (AvgIpc) is 2.34. The molecule has 0 radical (unpaired) electrons. The molecule has 2 aliphatic rings. The normalized spacial score (nSPS) is 44.1. The summed E-state index contributed by atoms with van der Waals surface area (Å²) in [6, 6.07) is 0. The van der Waals surface area contributed by atoms with Gasteiger partial charge in [0.1, 0.15) is 5.37 Å². The smallest absolute Gasteiger partial charge is 0.281 e. The highest BCUT2D eigenvalue weighted by atomic mass is 32.2. The van der Waals surface area contributed by atoms with Gasteiger partial charge >= 0.3 is 0 Å². The van der Waals surface area contributed by atoms with E-state index in [2.05, 4.69) is 5.32 Å². The van der Waals surface area contributed by atoms with Crippen LogP contribution in [-0.4, -0.2) is 24.9 Å². The molecule has 70 valence electrons. The maximum absolute atomic E-state index is 10.9. The Morgan fingerprint density at radius 1 is 1.50 bits per heavy atom. The van der Waals surface area contributed by atoms with Crippen molar-refractivity contribution in [1.82, 2.24) is 5.32 Å². The van der Waals surface area contributed by atoms with Crippen LogP contribution in [0.5, 0.6) is 0 Å². The van der Waals surface area contributed by atoms with Gasteiger partial charge in [0.05, 0.1) is 0 Å². The van der Waals surface area contributed by atoms with Crippen LogP contribution >= 0.6 is 0 Å². The summed E-state index contributed by atoms with van der Waals surface area (Å²) in [6.07, 6.45) is 0. The quantitative estimate of drug-likeness (QED) is 0.576. The van der Waals surface area contributed by atoms with E-state index in [9.17, 15) is 8.42 Å². The minimum atomic E-state index is -3.89. The number of nitrogens with one attached hydrogen (secondary N) is 1. The Kier molecular flexibility index (Phi) is 1.43. The van der Waals surface area contributed by atoms with Crippen LogP contribution in [-0.2, 0) is 10.1 Å². The van der Waals surface area contributed by atoms with Crippen LogP contribution in [0.3, 0.4) is 0 Å². The highest BCUT2D eigenvalue weighted by Gasteiger charge is 2.67. The summed E-state index contributed by atoms with van der Waals surface area (Å²) in [5, 5.41) is 2.09. The van der Waals surface area contributed by atoms with Gasteiger partial charge in [-0.15, -0.1) is 0 Å². The Morgan fingerprint density at radius 3 is 2.33 bits per heavy atom. The van der Waals surface area contributed by atoms with Gasteiger partial charge in [0.15, 0.2) is 0 Å². The standard InChI is InChI=1S/C7H13NO3S/c1-7(2)4-3-8-6(5(4)7)12(9,10)11/h4-6,8H,3H2,1-2H3,(H,9,10,11)/t4?,5-,6+/m0/s1. The topological polar surface area (TPSA) is 66.4 Å². The predicted molar refractivity (Wildman–Crippen MR) is 44.1 cm³/mol. The summed E-state index contributed by atoms with van der Waals surface area (Å²) in [6.45, 7) is 4.80. The van der Waals surface area contributed by atoms with E-state index in [4.69, 9.17) is 4.55 Å². The van der Waals surface area contributed by atoms with E-state index in [-0.39, 0.29) is 11.3 Å². The van der Waals surface area contributed by atoms with Crippen LogP contribution in [0.25, 0.3) is 0 Å². The molecule has 0 aromatic rings. The van der Waals surface area contributed by atoms with Gasteiger partial charge < -0.3 is 0 Å². The monoisotopic (exact) mass is 191 g/mol. The lowest BCUT2D eigenvalue weighted by atomic mass is 10.1. The molecule has 0 aromatic carbocycles. The maximum Gasteiger partial charge on any atom is 0.281 e. The van der Waals surface area contributed by atoms with Gasteiger partial charge in [-0.05, 0) is 11.3 Å². The second-order valence-electron chi connectivity index (χ2n) is 4.30. The van der Waals surface area contributed by atoms with Gasteiger partial charge in [-0.1, -0.05) is 13.8 Å². The largest absolute Gasteiger partial charge is 0.299 e. The molecule has 1 saturated carbocycles. The predicted octanol–water partition coefficient (Wildman–Crippen LogP) is 0.0757. The fourth-order valence-corrected chi connectivity index (χ4v) is 3.66. The molecule has 12 heavy (non-hydrogen) atoms. The van der Waals surface area contributed by atoms with Gasteiger partial charge in [0.25, 0.3) is 10.1 Å². The average molecular weight is 191 g/mol. The molecule has 0 aromatic heterocycles. The molecule has 0 bridgehead atoms. The van der Waals surface area contributed by atoms with E-state index in [1.807, 2.05) is 13.8 Å². The highest BCUT2D eigenvalue weighted by molar-refractivity contribution is 7.86. The first kappa shape index (κ1) is 8.47. The van der Waals surface area contributed by atoms with E-state index < -0.39 is 15.5 Å². The zero-order valence-electron chi connectivity index (χ0n) is 7.11. The lowest BCUT2D eigenvalue weighted by Gasteiger charge is -2.15. The Morgan fingerprint density at radius 2 is 2.08 bits per heavy atom. The number of rotatable bonds is 1. The molecule has 1 saturated heterocycles. The molecule has 1 unspecified atom stereocenters. The van der Waals surface area contributed by atoms with Crippen molar-refractivity contribution in [1.29, 1.82) is 0 Å². The molecule has 0 amide bonds. The number of piperidine rings is 1. The molecule has 5 heteroatoms. The number of hydrogen-bond donors (Lipinski definition) is 2. The van der Waals surface area contributed by atoms with Crippen molar-refractivity contribution in [3.8, 4) is 0 Å². The van der Waals surface area contributed by atoms with Crippen LogP contribution < -0.4 is 5.32 Å². The summed E-state index contributed by atoms with van der Waals surface area (Å²) in [5.41, 5.74) is 0.0890. The fourth-order valence-electron chi connectivity index (χ4n) is 2.44. The molecule has 4 nitrogen and oxygen atoms in total. The van der Waals surface area contributed by atoms with E-state index in [0.717, 1.165) is 0 Å². The third-order valence-corrected chi connectivity index (χ3v) is 4.43. The minimum absolute atomic E-state index is 0.0890. The van der Waals surface area contributed by atoms with Crippen LogP contribution in [0.15, 0.2) is 0 Å². The number of fused-ring (bicyclic) bond motifs is 1. The SMILES string of the molecule is CC1(C)C2CN[C@H](S(=O)(=O)O)[C@H]21. The van der Waals surface area contributed by atoms with Crippen molar-refractivity contribution in [3.05, 3.63) is 0 Å². The summed E-state index contributed by atoms with van der Waals surface area (Å²) in [4.78, 5) is 0. The Labute approximate surface area is 72.1 Å². The van der Waals surface area contributed by atoms with E-state index in [0.29, 0.717) is 12.5 Å². The first-order valence-corrected chi connectivity index (χ1v) is 5.55. The van der Waals surface area contributed by atoms with E-state index in [1.54, 1.807) is 0 Å². The molecule has 1 aliphatic carbocycles. The lowest BCUT2D eigenvalue weighted by Crippen LogP contribution is -2.37. The van der Waals surface area contributed by atoms with Gasteiger partial charge in [-0.25, -0.2) is 0 Å². The first-order valence-electron chi connectivity index (χ1n) is 4.05. The van der Waals surface area contributed by atoms with Crippen molar-refractivity contribution >= 4 is 10.1 Å². The fraction of sp³-hybridized carbons (Fsp3) is 1.00. The van der Waals surface area contributed by atoms with Crippen LogP contribution in [0.1, 0.15) is 13.8 Å². The highest BCUT2D eigenvalue weighted by Crippen LogP contribution is 2.62. The molecular weight excluding hydrogens is 178 g/mol. The molecule has 0 spiro atoms. The van der Waals surface area contributed by atoms with Crippen LogP contribution in [0, 0.1) is 17.3 Å². The third kappa shape index (κ3) is 0.932. The summed E-state index contributed by atoms with van der Waals surface area (Å²) in [7, 11) is -3.89. The molecular formula is C7H13NO3S. The van der Waals surface area contributed by atoms with Crippen molar-refractivity contribution in [2.24, 2.45) is 17.3 Å². The maximum atomic E-state index is 10.9. The first-order chi connectivity index (χ1) is 5.35. The zero-order valence-corrected chi connectivity index (χ0v) is 7.93. The van der Waals surface area contributed by atoms with Crippen LogP contribution in [0.2, 0.25) is 0 Å². The van der Waals surface area contributed by atoms with Gasteiger partial charge in [-0.3, -0.25) is 9.87 Å². The second-order valence-corrected chi connectivity index (χ2v) is 5.84. The summed E-state index contributed by atoms with van der Waals surface area (Å²) in [5.74, 6) is 0.525. The Balaban J connectivity index is 2.24. The van der Waals surface area contributed by atoms with Gasteiger partial charge in [0, 0.05) is 12.5 Å². The molecule has 2 N–H and O–H groups in total. The van der Waals surface area contributed by atoms with Crippen molar-refractivity contribution in [2.45, 2.75) is 19.2 Å². The van der Waals surface area contributed by atoms with E-state index >= 15 is 0 Å². The van der Waals surface area contributed by atoms with Crippen LogP contribution in [0.4, 0.5) is 0 Å². The Hall–Kier alpha value is -0.130. The molecule has 2 fully saturated rings. The second kappa shape index (κ2) is 2.02. The lowest BCUT2D eigenvalue weighted by molar-refractivity contribution is 0.408. The van der Waals surface area contributed by atoms with Crippen molar-refractivity contribution in [2.75, 3.05) is 6.54 Å². The molecule has 3 atom stereocenters. The van der Waals surface area contributed by atoms with Gasteiger partial charge in [-0.2, -0.15) is 8.42 Å². The molecule has 1 aliphatic heterocycles. The molecule has 1 heterocycles. The van der Waals surface area contributed by atoms with E-state index in [1.165, 1.54) is 0 Å².